The third-order valence-electron chi connectivity index (χ3n) is 5.06. The van der Waals surface area contributed by atoms with E-state index in [0.29, 0.717) is 22.4 Å². The van der Waals surface area contributed by atoms with Crippen LogP contribution in [0.25, 0.3) is 22.5 Å². The monoisotopic (exact) mass is 462 g/mol. The number of hydrogen-bond acceptors (Lipinski definition) is 6. The summed E-state index contributed by atoms with van der Waals surface area (Å²) in [6.07, 6.45) is 1.71. The summed E-state index contributed by atoms with van der Waals surface area (Å²) >= 11 is 1.21. The van der Waals surface area contributed by atoms with Gasteiger partial charge in [-0.1, -0.05) is 42.1 Å². The minimum atomic E-state index is -0.510. The van der Waals surface area contributed by atoms with Crippen LogP contribution in [0.4, 0.5) is 10.2 Å². The normalized spacial score (nSPS) is 11.8. The fourth-order valence-electron chi connectivity index (χ4n) is 3.35. The number of anilines is 1. The summed E-state index contributed by atoms with van der Waals surface area (Å²) in [6, 6.07) is 20.0. The first-order valence-electron chi connectivity index (χ1n) is 10.4. The Bertz CT molecular complexity index is 1230. The number of Topliss-reactive ketones (excluding diaryl/α,β-unsaturated/α-hetero) is 1. The second-order valence-corrected chi connectivity index (χ2v) is 8.43. The van der Waals surface area contributed by atoms with Crippen molar-refractivity contribution in [2.45, 2.75) is 18.1 Å². The number of hydrogen-bond donors (Lipinski definition) is 3. The predicted molar refractivity (Wildman–Crippen MR) is 129 cm³/mol. The molecule has 2 heterocycles. The number of benzene rings is 2. The van der Waals surface area contributed by atoms with Gasteiger partial charge in [0.1, 0.15) is 18.2 Å². The lowest BCUT2D eigenvalue weighted by Crippen LogP contribution is -2.07. The summed E-state index contributed by atoms with van der Waals surface area (Å²) in [6.45, 7) is 1.56. The van der Waals surface area contributed by atoms with E-state index >= 15 is 0 Å². The molecule has 0 saturated heterocycles. The Hall–Kier alpha value is -3.49. The molecular formula is C25H23FN4O2S. The van der Waals surface area contributed by atoms with Gasteiger partial charge in [0.15, 0.2) is 10.9 Å². The van der Waals surface area contributed by atoms with E-state index in [-0.39, 0.29) is 23.4 Å². The molecule has 0 aliphatic rings. The van der Waals surface area contributed by atoms with Crippen molar-refractivity contribution in [3.63, 3.8) is 0 Å². The van der Waals surface area contributed by atoms with Crippen molar-refractivity contribution in [1.29, 1.82) is 0 Å². The van der Waals surface area contributed by atoms with Crippen LogP contribution in [0, 0.1) is 5.82 Å². The number of halogens is 1. The molecule has 0 fully saturated rings. The number of nitrogens with one attached hydrogen (secondary N) is 2. The molecule has 0 saturated carbocycles. The Kier molecular flexibility index (Phi) is 7.16. The highest BCUT2D eigenvalue weighted by Gasteiger charge is 2.17. The number of ketones is 1. The van der Waals surface area contributed by atoms with Gasteiger partial charge in [0.05, 0.1) is 17.1 Å². The van der Waals surface area contributed by atoms with Gasteiger partial charge in [-0.25, -0.2) is 14.4 Å². The highest BCUT2D eigenvalue weighted by atomic mass is 32.2. The molecule has 2 aromatic carbocycles. The van der Waals surface area contributed by atoms with Gasteiger partial charge in [0.25, 0.3) is 0 Å². The zero-order valence-corrected chi connectivity index (χ0v) is 18.8. The van der Waals surface area contributed by atoms with Gasteiger partial charge < -0.3 is 15.4 Å². The van der Waals surface area contributed by atoms with E-state index in [9.17, 15) is 9.18 Å². The molecule has 0 aliphatic carbocycles. The van der Waals surface area contributed by atoms with Gasteiger partial charge in [-0.05, 0) is 48.9 Å². The third kappa shape index (κ3) is 5.66. The molecule has 1 unspecified atom stereocenters. The minimum Gasteiger partial charge on any atom is -0.389 e. The van der Waals surface area contributed by atoms with E-state index in [1.54, 1.807) is 18.3 Å². The van der Waals surface area contributed by atoms with Gasteiger partial charge in [0, 0.05) is 23.4 Å². The van der Waals surface area contributed by atoms with Crippen LogP contribution in [0.1, 0.15) is 18.5 Å². The van der Waals surface area contributed by atoms with Crippen molar-refractivity contribution in [2.24, 2.45) is 0 Å². The van der Waals surface area contributed by atoms with Crippen LogP contribution < -0.4 is 5.32 Å². The van der Waals surface area contributed by atoms with Crippen LogP contribution in [0.15, 0.2) is 78.1 Å². The Balaban J connectivity index is 1.66. The summed E-state index contributed by atoms with van der Waals surface area (Å²) in [5.41, 5.74) is 4.11. The molecule has 0 amide bonds. The lowest BCUT2D eigenvalue weighted by molar-refractivity contribution is -0.119. The number of pyridine rings is 1. The molecule has 4 rings (SSSR count). The Morgan fingerprint density at radius 2 is 1.88 bits per heavy atom. The molecule has 1 atom stereocenters. The van der Waals surface area contributed by atoms with E-state index in [1.807, 2.05) is 30.3 Å². The number of nitrogens with zero attached hydrogens (tertiary/aromatic N) is 2. The molecule has 33 heavy (non-hydrogen) atoms. The smallest absolute Gasteiger partial charge is 0.168 e. The largest absolute Gasteiger partial charge is 0.389 e. The first-order chi connectivity index (χ1) is 16.0. The maximum Gasteiger partial charge on any atom is 0.168 e. The van der Waals surface area contributed by atoms with Crippen molar-refractivity contribution in [2.75, 3.05) is 17.7 Å². The summed E-state index contributed by atoms with van der Waals surface area (Å²) < 4.78 is 13.5. The number of aromatic amines is 1. The minimum absolute atomic E-state index is 0.0558. The van der Waals surface area contributed by atoms with Crippen LogP contribution in [0.5, 0.6) is 0 Å². The number of thioether (sulfide) groups is 1. The first-order valence-corrected chi connectivity index (χ1v) is 11.4. The highest BCUT2D eigenvalue weighted by Crippen LogP contribution is 2.34. The Labute approximate surface area is 195 Å². The Morgan fingerprint density at radius 1 is 1.12 bits per heavy atom. The number of carbonyl (C=O) groups excluding carboxylic acids is 1. The zero-order valence-electron chi connectivity index (χ0n) is 18.0. The van der Waals surface area contributed by atoms with E-state index in [1.165, 1.54) is 23.9 Å². The second-order valence-electron chi connectivity index (χ2n) is 7.46. The molecule has 4 aromatic rings. The fraction of sp³-hybridized carbons (Fsp3) is 0.160. The van der Waals surface area contributed by atoms with Gasteiger partial charge in [-0.15, -0.1) is 0 Å². The molecule has 0 aliphatic heterocycles. The average molecular weight is 463 g/mol. The number of aliphatic hydroxyl groups is 1. The maximum absolute atomic E-state index is 13.5. The van der Waals surface area contributed by atoms with Crippen LogP contribution in [-0.4, -0.2) is 38.2 Å². The van der Waals surface area contributed by atoms with Crippen molar-refractivity contribution in [3.8, 4) is 22.5 Å². The number of aliphatic hydroxyl groups excluding tert-OH is 1. The average Bonchev–Trinajstić information content (AvgIpc) is 3.28. The number of carbonyl (C=O) groups is 1. The first kappa shape index (κ1) is 22.7. The van der Waals surface area contributed by atoms with Gasteiger partial charge in [-0.3, -0.25) is 4.79 Å². The highest BCUT2D eigenvalue weighted by molar-refractivity contribution is 7.99. The van der Waals surface area contributed by atoms with Crippen molar-refractivity contribution in [1.82, 2.24) is 15.0 Å². The second kappa shape index (κ2) is 10.4. The molecule has 0 bridgehead atoms. The van der Waals surface area contributed by atoms with E-state index in [2.05, 4.69) is 39.3 Å². The summed E-state index contributed by atoms with van der Waals surface area (Å²) in [4.78, 5) is 23.9. The topological polar surface area (TPSA) is 90.9 Å². The van der Waals surface area contributed by atoms with Crippen molar-refractivity contribution < 1.29 is 14.3 Å². The van der Waals surface area contributed by atoms with E-state index in [0.717, 1.165) is 16.7 Å². The molecule has 8 heteroatoms. The number of H-pyrrole nitrogens is 1. The molecule has 168 valence electrons. The quantitative estimate of drug-likeness (QED) is 0.300. The molecule has 2 aromatic heterocycles. The zero-order chi connectivity index (χ0) is 23.2. The molecular weight excluding hydrogens is 439 g/mol. The van der Waals surface area contributed by atoms with Crippen LogP contribution in [0.3, 0.4) is 0 Å². The summed E-state index contributed by atoms with van der Waals surface area (Å²) in [7, 11) is 0. The molecule has 6 nitrogen and oxygen atoms in total. The van der Waals surface area contributed by atoms with Crippen molar-refractivity contribution in [3.05, 3.63) is 84.3 Å². The standard InChI is InChI=1S/C25H23FN4O2S/c1-16(17-5-3-2-4-6-17)28-22-13-19(11-12-27-22)24-23(18-7-9-20(26)10-8-18)29-25(30-24)33-15-21(32)14-31/h2-13,16,31H,14-15H2,1H3,(H,27,28)(H,29,30). The van der Waals surface area contributed by atoms with Gasteiger partial charge in [-0.2, -0.15) is 0 Å². The van der Waals surface area contributed by atoms with Crippen LogP contribution in [-0.2, 0) is 4.79 Å². The number of aromatic nitrogens is 3. The number of rotatable bonds is 9. The lowest BCUT2D eigenvalue weighted by atomic mass is 10.1. The number of imidazole rings is 1. The fourth-order valence-corrected chi connectivity index (χ4v) is 4.07. The van der Waals surface area contributed by atoms with Crippen molar-refractivity contribution >= 4 is 23.4 Å². The van der Waals surface area contributed by atoms with Gasteiger partial charge >= 0.3 is 0 Å². The third-order valence-corrected chi connectivity index (χ3v) is 5.99. The van der Waals surface area contributed by atoms with E-state index in [4.69, 9.17) is 5.11 Å². The van der Waals surface area contributed by atoms with Crippen LogP contribution >= 0.6 is 11.8 Å². The molecule has 0 radical (unpaired) electrons. The summed E-state index contributed by atoms with van der Waals surface area (Å²) in [5, 5.41) is 12.9. The Morgan fingerprint density at radius 3 is 2.61 bits per heavy atom. The van der Waals surface area contributed by atoms with Gasteiger partial charge in [0.2, 0.25) is 0 Å². The lowest BCUT2D eigenvalue weighted by Gasteiger charge is -2.15. The van der Waals surface area contributed by atoms with Crippen LogP contribution in [0.2, 0.25) is 0 Å². The predicted octanol–water partition coefficient (Wildman–Crippen LogP) is 5.10. The SMILES string of the molecule is CC(Nc1cc(-c2nc(SCC(=O)CO)[nH]c2-c2ccc(F)cc2)ccn1)c1ccccc1. The molecule has 3 N–H and O–H groups in total. The maximum atomic E-state index is 13.5. The molecule has 0 spiro atoms. The summed E-state index contributed by atoms with van der Waals surface area (Å²) in [5.74, 6) is 0.186. The van der Waals surface area contributed by atoms with E-state index < -0.39 is 6.61 Å².